The number of aliphatic hydroxyl groups excluding tert-OH is 1. The molecular weight excluding hydrogens is 296 g/mol. The van der Waals surface area contributed by atoms with Gasteiger partial charge in [0, 0.05) is 5.41 Å². The molecule has 4 unspecified atom stereocenters. The molecule has 2 saturated carbocycles. The summed E-state index contributed by atoms with van der Waals surface area (Å²) in [5.74, 6) is 1.07. The SMILES string of the molecule is CC1(C)CS(=O)(=O)C2CCCCC2C(C2CCCCC2)C1O. The number of sulfone groups is 1. The number of hydrogen-bond acceptors (Lipinski definition) is 3. The topological polar surface area (TPSA) is 54.4 Å². The highest BCUT2D eigenvalue weighted by Crippen LogP contribution is 2.50. The summed E-state index contributed by atoms with van der Waals surface area (Å²) in [6.45, 7) is 3.92. The molecule has 0 aromatic carbocycles. The molecule has 3 nitrogen and oxygen atoms in total. The van der Waals surface area contributed by atoms with E-state index in [0.29, 0.717) is 5.92 Å². The summed E-state index contributed by atoms with van der Waals surface area (Å²) < 4.78 is 25.8. The van der Waals surface area contributed by atoms with E-state index in [2.05, 4.69) is 0 Å². The van der Waals surface area contributed by atoms with Gasteiger partial charge in [0.1, 0.15) is 0 Å². The zero-order chi connectivity index (χ0) is 16.0. The maximum absolute atomic E-state index is 12.9. The Morgan fingerprint density at radius 3 is 2.18 bits per heavy atom. The first-order valence-corrected chi connectivity index (χ1v) is 10.9. The van der Waals surface area contributed by atoms with E-state index < -0.39 is 21.4 Å². The van der Waals surface area contributed by atoms with Crippen LogP contribution in [0.5, 0.6) is 0 Å². The number of fused-ring (bicyclic) bond motifs is 1. The van der Waals surface area contributed by atoms with Crippen molar-refractivity contribution in [2.45, 2.75) is 83.0 Å². The molecule has 0 radical (unpaired) electrons. The quantitative estimate of drug-likeness (QED) is 0.801. The van der Waals surface area contributed by atoms with Gasteiger partial charge in [0.05, 0.1) is 17.1 Å². The molecule has 3 aliphatic rings. The highest BCUT2D eigenvalue weighted by molar-refractivity contribution is 7.92. The van der Waals surface area contributed by atoms with Gasteiger partial charge in [0.25, 0.3) is 0 Å². The molecular formula is C18H32O3S. The van der Waals surface area contributed by atoms with Crippen LogP contribution in [0.4, 0.5) is 0 Å². The van der Waals surface area contributed by atoms with E-state index >= 15 is 0 Å². The molecule has 1 saturated heterocycles. The van der Waals surface area contributed by atoms with Crippen LogP contribution in [0.2, 0.25) is 0 Å². The van der Waals surface area contributed by atoms with E-state index in [4.69, 9.17) is 0 Å². The van der Waals surface area contributed by atoms with E-state index in [0.717, 1.165) is 25.7 Å². The fourth-order valence-corrected chi connectivity index (χ4v) is 8.40. The van der Waals surface area contributed by atoms with Gasteiger partial charge in [0.15, 0.2) is 9.84 Å². The van der Waals surface area contributed by atoms with Crippen molar-refractivity contribution in [2.75, 3.05) is 5.75 Å². The van der Waals surface area contributed by atoms with Crippen LogP contribution in [-0.4, -0.2) is 30.6 Å². The van der Waals surface area contributed by atoms with E-state index in [-0.39, 0.29) is 22.8 Å². The van der Waals surface area contributed by atoms with Crippen LogP contribution in [-0.2, 0) is 9.84 Å². The Labute approximate surface area is 135 Å². The lowest BCUT2D eigenvalue weighted by Crippen LogP contribution is -2.45. The minimum atomic E-state index is -3.09. The zero-order valence-electron chi connectivity index (χ0n) is 14.1. The maximum atomic E-state index is 12.9. The van der Waals surface area contributed by atoms with Gasteiger partial charge < -0.3 is 5.11 Å². The Hall–Kier alpha value is -0.0900. The van der Waals surface area contributed by atoms with Gasteiger partial charge in [-0.15, -0.1) is 0 Å². The maximum Gasteiger partial charge on any atom is 0.154 e. The fourth-order valence-electron chi connectivity index (χ4n) is 5.60. The van der Waals surface area contributed by atoms with Crippen molar-refractivity contribution >= 4 is 9.84 Å². The van der Waals surface area contributed by atoms with Crippen LogP contribution in [0.1, 0.15) is 71.6 Å². The summed E-state index contributed by atoms with van der Waals surface area (Å²) >= 11 is 0. The van der Waals surface area contributed by atoms with Crippen LogP contribution < -0.4 is 0 Å². The van der Waals surface area contributed by atoms with Crippen LogP contribution in [0.25, 0.3) is 0 Å². The second-order valence-corrected chi connectivity index (χ2v) is 10.9. The van der Waals surface area contributed by atoms with Gasteiger partial charge in [0.2, 0.25) is 0 Å². The van der Waals surface area contributed by atoms with Gasteiger partial charge in [-0.1, -0.05) is 58.8 Å². The van der Waals surface area contributed by atoms with E-state index in [1.54, 1.807) is 0 Å². The highest BCUT2D eigenvalue weighted by atomic mass is 32.2. The molecule has 128 valence electrons. The Morgan fingerprint density at radius 2 is 1.50 bits per heavy atom. The second-order valence-electron chi connectivity index (χ2n) is 8.70. The molecule has 0 spiro atoms. The lowest BCUT2D eigenvalue weighted by Gasteiger charge is -2.44. The third-order valence-corrected chi connectivity index (χ3v) is 9.30. The van der Waals surface area contributed by atoms with Gasteiger partial charge in [-0.05, 0) is 30.6 Å². The van der Waals surface area contributed by atoms with Crippen molar-refractivity contribution in [3.63, 3.8) is 0 Å². The van der Waals surface area contributed by atoms with E-state index in [9.17, 15) is 13.5 Å². The molecule has 3 rings (SSSR count). The smallest absolute Gasteiger partial charge is 0.154 e. The summed E-state index contributed by atoms with van der Waals surface area (Å²) in [7, 11) is -3.09. The van der Waals surface area contributed by atoms with Crippen LogP contribution in [0, 0.1) is 23.2 Å². The average Bonchev–Trinajstić information content (AvgIpc) is 2.53. The first-order chi connectivity index (χ1) is 10.3. The van der Waals surface area contributed by atoms with Crippen LogP contribution >= 0.6 is 0 Å². The minimum absolute atomic E-state index is 0.158. The van der Waals surface area contributed by atoms with Crippen LogP contribution in [0.15, 0.2) is 0 Å². The van der Waals surface area contributed by atoms with Crippen molar-refractivity contribution in [3.8, 4) is 0 Å². The third-order valence-electron chi connectivity index (χ3n) is 6.64. The standard InChI is InChI=1S/C18H32O3S/c1-18(2)12-22(20,21)15-11-7-6-10-14(15)16(17(18)19)13-8-4-3-5-9-13/h13-17,19H,3-12H2,1-2H3. The molecule has 0 aromatic rings. The number of aliphatic hydroxyl groups is 1. The summed E-state index contributed by atoms with van der Waals surface area (Å²) in [5.41, 5.74) is -0.516. The Morgan fingerprint density at radius 1 is 0.909 bits per heavy atom. The molecule has 0 bridgehead atoms. The second kappa shape index (κ2) is 6.08. The minimum Gasteiger partial charge on any atom is -0.392 e. The monoisotopic (exact) mass is 328 g/mol. The summed E-state index contributed by atoms with van der Waals surface area (Å²) in [6.07, 6.45) is 9.67. The lowest BCUT2D eigenvalue weighted by molar-refractivity contribution is -0.0441. The van der Waals surface area contributed by atoms with Crippen molar-refractivity contribution in [1.82, 2.24) is 0 Å². The summed E-state index contributed by atoms with van der Waals surface area (Å²) in [4.78, 5) is 0. The number of hydrogen-bond donors (Lipinski definition) is 1. The predicted octanol–water partition coefficient (Wildman–Crippen LogP) is 3.56. The predicted molar refractivity (Wildman–Crippen MR) is 89.4 cm³/mol. The van der Waals surface area contributed by atoms with Crippen LogP contribution in [0.3, 0.4) is 0 Å². The average molecular weight is 329 g/mol. The summed E-state index contributed by atoms with van der Waals surface area (Å²) in [5, 5.41) is 10.9. The van der Waals surface area contributed by atoms with Crippen molar-refractivity contribution < 1.29 is 13.5 Å². The Kier molecular flexibility index (Phi) is 4.63. The van der Waals surface area contributed by atoms with Gasteiger partial charge in [-0.25, -0.2) is 8.42 Å². The molecule has 3 fully saturated rings. The molecule has 0 amide bonds. The van der Waals surface area contributed by atoms with Crippen molar-refractivity contribution in [1.29, 1.82) is 0 Å². The van der Waals surface area contributed by atoms with Gasteiger partial charge in [-0.3, -0.25) is 0 Å². The van der Waals surface area contributed by atoms with E-state index in [1.807, 2.05) is 13.8 Å². The van der Waals surface area contributed by atoms with Crippen molar-refractivity contribution in [2.24, 2.45) is 23.2 Å². The summed E-state index contributed by atoms with van der Waals surface area (Å²) in [6, 6.07) is 0. The van der Waals surface area contributed by atoms with Gasteiger partial charge in [-0.2, -0.15) is 0 Å². The lowest BCUT2D eigenvalue weighted by atomic mass is 9.63. The first-order valence-electron chi connectivity index (χ1n) is 9.22. The molecule has 4 atom stereocenters. The van der Waals surface area contributed by atoms with Gasteiger partial charge >= 0.3 is 0 Å². The zero-order valence-corrected chi connectivity index (χ0v) is 14.9. The molecule has 1 heterocycles. The molecule has 1 aliphatic heterocycles. The highest BCUT2D eigenvalue weighted by Gasteiger charge is 2.53. The third kappa shape index (κ3) is 2.98. The Bertz CT molecular complexity index is 490. The normalized spacial score (nSPS) is 42.3. The fraction of sp³-hybridized carbons (Fsp3) is 1.00. The molecule has 2 aliphatic carbocycles. The molecule has 0 aromatic heterocycles. The van der Waals surface area contributed by atoms with Crippen molar-refractivity contribution in [3.05, 3.63) is 0 Å². The largest absolute Gasteiger partial charge is 0.392 e. The molecule has 4 heteroatoms. The molecule has 1 N–H and O–H groups in total. The van der Waals surface area contributed by atoms with E-state index in [1.165, 1.54) is 32.1 Å². The number of rotatable bonds is 1. The molecule has 22 heavy (non-hydrogen) atoms. The Balaban J connectivity index is 2.00. The first kappa shape index (κ1) is 16.8.